The summed E-state index contributed by atoms with van der Waals surface area (Å²) in [5, 5.41) is 12.7. The Balaban J connectivity index is 1.32. The van der Waals surface area contributed by atoms with Gasteiger partial charge in [0.05, 0.1) is 28.4 Å². The number of carbonyl (C=O) groups excluding carboxylic acids is 1. The molecular weight excluding hydrogens is 438 g/mol. The van der Waals surface area contributed by atoms with Crippen LogP contribution in [0.15, 0.2) is 83.9 Å². The highest BCUT2D eigenvalue weighted by molar-refractivity contribution is 7.20. The van der Waals surface area contributed by atoms with Crippen LogP contribution in [-0.2, 0) is 17.8 Å². The van der Waals surface area contributed by atoms with Crippen LogP contribution in [0.5, 0.6) is 0 Å². The first kappa shape index (κ1) is 20.3. The van der Waals surface area contributed by atoms with Crippen molar-refractivity contribution in [2.45, 2.75) is 13.0 Å². The molecule has 8 heteroatoms. The molecule has 0 bridgehead atoms. The second-order valence-corrected chi connectivity index (χ2v) is 8.90. The number of pyridine rings is 1. The van der Waals surface area contributed by atoms with Gasteiger partial charge in [-0.25, -0.2) is 9.67 Å². The van der Waals surface area contributed by atoms with E-state index in [4.69, 9.17) is 5.10 Å². The topological polar surface area (TPSA) is 72.7 Å². The van der Waals surface area contributed by atoms with Crippen LogP contribution in [0.25, 0.3) is 26.8 Å². The molecule has 0 spiro atoms. The standard InChI is InChI=1S/C24H19N5OS2/c30-22(13-19-16-32-24(27-19)21-7-4-12-31-21)26-14-18-15-29(20-5-2-1-3-6-20)28-23(18)17-8-10-25-11-9-17/h1-12,15-16H,13-14H2,(H,26,30). The first-order valence-corrected chi connectivity index (χ1v) is 11.8. The number of aromatic nitrogens is 4. The van der Waals surface area contributed by atoms with Crippen LogP contribution in [0.4, 0.5) is 0 Å². The smallest absolute Gasteiger partial charge is 0.226 e. The first-order chi connectivity index (χ1) is 15.8. The number of nitrogens with one attached hydrogen (secondary N) is 1. The van der Waals surface area contributed by atoms with Gasteiger partial charge in [0.1, 0.15) is 5.01 Å². The predicted molar refractivity (Wildman–Crippen MR) is 128 cm³/mol. The molecule has 0 atom stereocenters. The fourth-order valence-corrected chi connectivity index (χ4v) is 4.96. The van der Waals surface area contributed by atoms with Gasteiger partial charge in [-0.3, -0.25) is 9.78 Å². The summed E-state index contributed by atoms with van der Waals surface area (Å²) in [7, 11) is 0. The van der Waals surface area contributed by atoms with Crippen molar-refractivity contribution in [3.63, 3.8) is 0 Å². The van der Waals surface area contributed by atoms with Crippen molar-refractivity contribution in [3.8, 4) is 26.8 Å². The summed E-state index contributed by atoms with van der Waals surface area (Å²) in [4.78, 5) is 22.4. The molecule has 0 fully saturated rings. The minimum Gasteiger partial charge on any atom is -0.352 e. The molecule has 0 aliphatic rings. The molecule has 4 aromatic heterocycles. The fourth-order valence-electron chi connectivity index (χ4n) is 3.33. The maximum absolute atomic E-state index is 12.6. The van der Waals surface area contributed by atoms with Gasteiger partial charge in [0.2, 0.25) is 5.91 Å². The Bertz CT molecular complexity index is 1310. The summed E-state index contributed by atoms with van der Waals surface area (Å²) < 4.78 is 1.84. The number of thiazole rings is 1. The molecule has 6 nitrogen and oxygen atoms in total. The van der Waals surface area contributed by atoms with Crippen LogP contribution >= 0.6 is 22.7 Å². The summed E-state index contributed by atoms with van der Waals surface area (Å²) >= 11 is 3.21. The molecule has 0 radical (unpaired) electrons. The zero-order valence-corrected chi connectivity index (χ0v) is 18.6. The second kappa shape index (κ2) is 9.25. The number of benzene rings is 1. The summed E-state index contributed by atoms with van der Waals surface area (Å²) in [6, 6.07) is 17.8. The molecular formula is C24H19N5OS2. The third-order valence-corrected chi connectivity index (χ3v) is 6.80. The van der Waals surface area contributed by atoms with Crippen molar-refractivity contribution in [3.05, 3.63) is 95.2 Å². The lowest BCUT2D eigenvalue weighted by Gasteiger charge is -2.05. The van der Waals surface area contributed by atoms with Gasteiger partial charge < -0.3 is 5.32 Å². The highest BCUT2D eigenvalue weighted by atomic mass is 32.1. The molecule has 1 amide bonds. The molecule has 4 heterocycles. The number of hydrogen-bond donors (Lipinski definition) is 1. The maximum atomic E-state index is 12.6. The summed E-state index contributed by atoms with van der Waals surface area (Å²) in [6.07, 6.45) is 5.70. The van der Waals surface area contributed by atoms with E-state index in [-0.39, 0.29) is 12.3 Å². The number of amides is 1. The van der Waals surface area contributed by atoms with Crippen molar-refractivity contribution in [2.75, 3.05) is 0 Å². The molecule has 1 N–H and O–H groups in total. The van der Waals surface area contributed by atoms with Gasteiger partial charge in [0.15, 0.2) is 0 Å². The molecule has 0 saturated carbocycles. The number of carbonyl (C=O) groups is 1. The quantitative estimate of drug-likeness (QED) is 0.374. The lowest BCUT2D eigenvalue weighted by molar-refractivity contribution is -0.120. The third kappa shape index (κ3) is 4.51. The highest BCUT2D eigenvalue weighted by Gasteiger charge is 2.14. The van der Waals surface area contributed by atoms with Crippen molar-refractivity contribution >= 4 is 28.6 Å². The number of para-hydroxylation sites is 1. The Morgan fingerprint density at radius 1 is 1.00 bits per heavy atom. The van der Waals surface area contributed by atoms with E-state index in [1.807, 2.05) is 76.2 Å². The molecule has 32 heavy (non-hydrogen) atoms. The van der Waals surface area contributed by atoms with Gasteiger partial charge in [-0.05, 0) is 35.7 Å². The lowest BCUT2D eigenvalue weighted by atomic mass is 10.1. The summed E-state index contributed by atoms with van der Waals surface area (Å²) in [6.45, 7) is 0.380. The van der Waals surface area contributed by atoms with E-state index in [1.165, 1.54) is 0 Å². The Morgan fingerprint density at radius 3 is 2.62 bits per heavy atom. The Hall–Kier alpha value is -3.62. The summed E-state index contributed by atoms with van der Waals surface area (Å²) in [5.41, 5.74) is 4.46. The van der Waals surface area contributed by atoms with Gasteiger partial charge in [-0.1, -0.05) is 24.3 Å². The van der Waals surface area contributed by atoms with Crippen molar-refractivity contribution in [1.29, 1.82) is 0 Å². The monoisotopic (exact) mass is 457 g/mol. The Morgan fingerprint density at radius 2 is 1.84 bits per heavy atom. The number of thiophene rings is 1. The first-order valence-electron chi connectivity index (χ1n) is 10.1. The average Bonchev–Trinajstić information content (AvgIpc) is 3.59. The minimum absolute atomic E-state index is 0.0684. The van der Waals surface area contributed by atoms with Crippen molar-refractivity contribution in [2.24, 2.45) is 0 Å². The SMILES string of the molecule is O=C(Cc1csc(-c2cccs2)n1)NCc1cn(-c2ccccc2)nc1-c1ccncc1. The normalized spacial score (nSPS) is 10.9. The molecule has 158 valence electrons. The number of hydrogen-bond acceptors (Lipinski definition) is 6. The van der Waals surface area contributed by atoms with Crippen LogP contribution in [-0.4, -0.2) is 25.7 Å². The lowest BCUT2D eigenvalue weighted by Crippen LogP contribution is -2.24. The van der Waals surface area contributed by atoms with Crippen LogP contribution in [0.1, 0.15) is 11.3 Å². The van der Waals surface area contributed by atoms with E-state index < -0.39 is 0 Å². The Labute approximate surface area is 193 Å². The third-order valence-electron chi connectivity index (χ3n) is 4.87. The van der Waals surface area contributed by atoms with Crippen LogP contribution in [0.2, 0.25) is 0 Å². The van der Waals surface area contributed by atoms with E-state index in [1.54, 1.807) is 35.1 Å². The fraction of sp³-hybridized carbons (Fsp3) is 0.0833. The highest BCUT2D eigenvalue weighted by Crippen LogP contribution is 2.28. The molecule has 5 rings (SSSR count). The van der Waals surface area contributed by atoms with Crippen LogP contribution < -0.4 is 5.32 Å². The molecule has 1 aromatic carbocycles. The zero-order valence-electron chi connectivity index (χ0n) is 17.0. The molecule has 0 unspecified atom stereocenters. The maximum Gasteiger partial charge on any atom is 0.226 e. The zero-order chi connectivity index (χ0) is 21.8. The van der Waals surface area contributed by atoms with Crippen LogP contribution in [0.3, 0.4) is 0 Å². The molecule has 0 saturated heterocycles. The predicted octanol–water partition coefficient (Wildman–Crippen LogP) is 4.98. The average molecular weight is 458 g/mol. The van der Waals surface area contributed by atoms with Gasteiger partial charge >= 0.3 is 0 Å². The van der Waals surface area contributed by atoms with Gasteiger partial charge in [-0.2, -0.15) is 5.10 Å². The van der Waals surface area contributed by atoms with E-state index >= 15 is 0 Å². The van der Waals surface area contributed by atoms with Gasteiger partial charge in [0.25, 0.3) is 0 Å². The molecule has 0 aliphatic carbocycles. The largest absolute Gasteiger partial charge is 0.352 e. The molecule has 5 aromatic rings. The van der Waals surface area contributed by atoms with E-state index in [9.17, 15) is 4.79 Å². The van der Waals surface area contributed by atoms with Gasteiger partial charge in [-0.15, -0.1) is 22.7 Å². The number of rotatable bonds is 7. The summed E-state index contributed by atoms with van der Waals surface area (Å²) in [5.74, 6) is -0.0684. The van der Waals surface area contributed by atoms with E-state index in [0.29, 0.717) is 6.54 Å². The van der Waals surface area contributed by atoms with Crippen molar-refractivity contribution in [1.82, 2.24) is 25.1 Å². The van der Waals surface area contributed by atoms with E-state index in [2.05, 4.69) is 15.3 Å². The van der Waals surface area contributed by atoms with Gasteiger partial charge in [0, 0.05) is 41.6 Å². The molecule has 0 aliphatic heterocycles. The number of nitrogens with zero attached hydrogens (tertiary/aromatic N) is 4. The van der Waals surface area contributed by atoms with E-state index in [0.717, 1.165) is 38.1 Å². The second-order valence-electron chi connectivity index (χ2n) is 7.09. The van der Waals surface area contributed by atoms with Crippen molar-refractivity contribution < 1.29 is 4.79 Å². The Kier molecular flexibility index (Phi) is 5.87. The van der Waals surface area contributed by atoms with Crippen LogP contribution in [0, 0.1) is 0 Å². The minimum atomic E-state index is -0.0684.